The van der Waals surface area contributed by atoms with Crippen molar-refractivity contribution in [1.29, 1.82) is 0 Å². The predicted octanol–water partition coefficient (Wildman–Crippen LogP) is 3.09. The molecular formula is C19H23BrN2O4S. The van der Waals surface area contributed by atoms with Gasteiger partial charge in [-0.25, -0.2) is 13.6 Å². The van der Waals surface area contributed by atoms with Crippen LogP contribution in [0.2, 0.25) is 0 Å². The highest BCUT2D eigenvalue weighted by Crippen LogP contribution is 2.31. The van der Waals surface area contributed by atoms with Gasteiger partial charge in [-0.3, -0.25) is 4.79 Å². The largest absolute Gasteiger partial charge is 0.483 e. The van der Waals surface area contributed by atoms with Gasteiger partial charge in [0.25, 0.3) is 5.91 Å². The highest BCUT2D eigenvalue weighted by atomic mass is 79.9. The van der Waals surface area contributed by atoms with Gasteiger partial charge in [0, 0.05) is 6.54 Å². The first-order valence-electron chi connectivity index (χ1n) is 8.28. The van der Waals surface area contributed by atoms with Gasteiger partial charge in [0.15, 0.2) is 6.61 Å². The van der Waals surface area contributed by atoms with E-state index >= 15 is 0 Å². The quantitative estimate of drug-likeness (QED) is 0.700. The second kappa shape index (κ2) is 8.41. The number of hydrogen-bond acceptors (Lipinski definition) is 4. The summed E-state index contributed by atoms with van der Waals surface area (Å²) in [6.07, 6.45) is 0. The summed E-state index contributed by atoms with van der Waals surface area (Å²) < 4.78 is 28.8. The Morgan fingerprint density at radius 3 is 2.30 bits per heavy atom. The molecule has 0 radical (unpaired) electrons. The minimum absolute atomic E-state index is 0.0250. The van der Waals surface area contributed by atoms with Crippen LogP contribution >= 0.6 is 15.9 Å². The van der Waals surface area contributed by atoms with Gasteiger partial charge < -0.3 is 10.1 Å². The molecule has 0 aromatic heterocycles. The molecule has 0 spiro atoms. The summed E-state index contributed by atoms with van der Waals surface area (Å²) in [5.41, 5.74) is 1.94. The molecule has 0 saturated carbocycles. The molecule has 0 aliphatic carbocycles. The zero-order valence-corrected chi connectivity index (χ0v) is 17.9. The summed E-state index contributed by atoms with van der Waals surface area (Å²) in [6.45, 7) is 6.51. The number of benzene rings is 2. The molecule has 0 aliphatic heterocycles. The standard InChI is InChI=1S/C19H23BrN2O4S/c1-19(2,3)14-6-9-17(16(20)10-14)26-12-18(23)22-11-13-4-7-15(8-5-13)27(21,24)25/h4-10H,11-12H2,1-3H3,(H,22,23)(H2,21,24,25). The number of ether oxygens (including phenoxy) is 1. The zero-order chi connectivity index (χ0) is 20.2. The third-order valence-electron chi connectivity index (χ3n) is 3.90. The second-order valence-corrected chi connectivity index (χ2v) is 9.57. The van der Waals surface area contributed by atoms with E-state index in [9.17, 15) is 13.2 Å². The van der Waals surface area contributed by atoms with Crippen molar-refractivity contribution >= 4 is 31.9 Å². The number of carbonyl (C=O) groups is 1. The number of halogens is 1. The van der Waals surface area contributed by atoms with Crippen LogP contribution in [0.1, 0.15) is 31.9 Å². The molecule has 0 heterocycles. The number of rotatable bonds is 6. The van der Waals surface area contributed by atoms with Gasteiger partial charge in [0.2, 0.25) is 10.0 Å². The number of hydrogen-bond donors (Lipinski definition) is 2. The number of amides is 1. The Hall–Kier alpha value is -1.90. The fourth-order valence-electron chi connectivity index (χ4n) is 2.28. The van der Waals surface area contributed by atoms with Gasteiger partial charge in [-0.1, -0.05) is 39.0 Å². The molecule has 6 nitrogen and oxygen atoms in total. The average Bonchev–Trinajstić information content (AvgIpc) is 2.57. The van der Waals surface area contributed by atoms with Crippen molar-refractivity contribution in [3.8, 4) is 5.75 Å². The van der Waals surface area contributed by atoms with Gasteiger partial charge in [0.1, 0.15) is 5.75 Å². The minimum atomic E-state index is -3.72. The van der Waals surface area contributed by atoms with Crippen LogP contribution in [0.5, 0.6) is 5.75 Å². The highest BCUT2D eigenvalue weighted by Gasteiger charge is 2.15. The summed E-state index contributed by atoms with van der Waals surface area (Å²) in [5, 5.41) is 7.77. The van der Waals surface area contributed by atoms with Gasteiger partial charge in [-0.2, -0.15) is 0 Å². The molecule has 3 N–H and O–H groups in total. The molecule has 146 valence electrons. The van der Waals surface area contributed by atoms with E-state index in [4.69, 9.17) is 9.88 Å². The molecule has 8 heteroatoms. The van der Waals surface area contributed by atoms with Crippen molar-refractivity contribution in [1.82, 2.24) is 5.32 Å². The van der Waals surface area contributed by atoms with E-state index in [0.717, 1.165) is 15.6 Å². The smallest absolute Gasteiger partial charge is 0.258 e. The lowest BCUT2D eigenvalue weighted by atomic mass is 9.87. The number of nitrogens with one attached hydrogen (secondary N) is 1. The Labute approximate surface area is 168 Å². The average molecular weight is 455 g/mol. The lowest BCUT2D eigenvalue weighted by molar-refractivity contribution is -0.123. The summed E-state index contributed by atoms with van der Waals surface area (Å²) in [5.74, 6) is 0.313. The minimum Gasteiger partial charge on any atom is -0.483 e. The lowest BCUT2D eigenvalue weighted by Gasteiger charge is -2.20. The van der Waals surface area contributed by atoms with Crippen LogP contribution in [-0.2, 0) is 26.8 Å². The Morgan fingerprint density at radius 2 is 1.78 bits per heavy atom. The Balaban J connectivity index is 1.88. The fraction of sp³-hybridized carbons (Fsp3) is 0.316. The number of primary sulfonamides is 1. The van der Waals surface area contributed by atoms with Gasteiger partial charge in [0.05, 0.1) is 9.37 Å². The maximum atomic E-state index is 12.0. The summed E-state index contributed by atoms with van der Waals surface area (Å²) >= 11 is 3.47. The fourth-order valence-corrected chi connectivity index (χ4v) is 3.29. The van der Waals surface area contributed by atoms with Gasteiger partial charge in [-0.15, -0.1) is 0 Å². The van der Waals surface area contributed by atoms with Crippen molar-refractivity contribution in [2.24, 2.45) is 5.14 Å². The Bertz CT molecular complexity index is 920. The van der Waals surface area contributed by atoms with Crippen LogP contribution in [0, 0.1) is 0 Å². The summed E-state index contributed by atoms with van der Waals surface area (Å²) in [4.78, 5) is 12.0. The Morgan fingerprint density at radius 1 is 1.15 bits per heavy atom. The summed E-state index contributed by atoms with van der Waals surface area (Å²) in [6, 6.07) is 11.8. The monoisotopic (exact) mass is 454 g/mol. The van der Waals surface area contributed by atoms with Crippen LogP contribution in [0.25, 0.3) is 0 Å². The predicted molar refractivity (Wildman–Crippen MR) is 108 cm³/mol. The van der Waals surface area contributed by atoms with E-state index in [1.54, 1.807) is 12.1 Å². The number of nitrogens with two attached hydrogens (primary N) is 1. The van der Waals surface area contributed by atoms with Crippen molar-refractivity contribution in [2.75, 3.05) is 6.61 Å². The number of sulfonamides is 1. The number of carbonyl (C=O) groups excluding carboxylic acids is 1. The normalized spacial score (nSPS) is 11.9. The maximum absolute atomic E-state index is 12.0. The van der Waals surface area contributed by atoms with Crippen molar-refractivity contribution in [3.63, 3.8) is 0 Å². The molecule has 1 amide bonds. The van der Waals surface area contributed by atoms with Crippen LogP contribution in [0.3, 0.4) is 0 Å². The molecule has 27 heavy (non-hydrogen) atoms. The van der Waals surface area contributed by atoms with E-state index in [0.29, 0.717) is 5.75 Å². The first-order chi connectivity index (χ1) is 12.5. The SMILES string of the molecule is CC(C)(C)c1ccc(OCC(=O)NCc2ccc(S(N)(=O)=O)cc2)c(Br)c1. The molecule has 0 unspecified atom stereocenters. The molecule has 2 aromatic carbocycles. The van der Waals surface area contributed by atoms with Crippen LogP contribution in [0.4, 0.5) is 0 Å². The summed E-state index contributed by atoms with van der Waals surface area (Å²) in [7, 11) is -3.72. The third-order valence-corrected chi connectivity index (χ3v) is 5.45. The van der Waals surface area contributed by atoms with E-state index in [-0.39, 0.29) is 29.4 Å². The Kier molecular flexibility index (Phi) is 6.67. The maximum Gasteiger partial charge on any atom is 0.258 e. The van der Waals surface area contributed by atoms with E-state index in [1.165, 1.54) is 12.1 Å². The first kappa shape index (κ1) is 21.4. The molecule has 2 rings (SSSR count). The van der Waals surface area contributed by atoms with Crippen LogP contribution < -0.4 is 15.2 Å². The molecule has 0 saturated heterocycles. The molecule has 0 aliphatic rings. The van der Waals surface area contributed by atoms with E-state index in [2.05, 4.69) is 42.0 Å². The van der Waals surface area contributed by atoms with Gasteiger partial charge in [-0.05, 0) is 56.7 Å². The molecule has 0 bridgehead atoms. The van der Waals surface area contributed by atoms with Crippen molar-refractivity contribution in [3.05, 3.63) is 58.1 Å². The van der Waals surface area contributed by atoms with Crippen LogP contribution in [0.15, 0.2) is 51.8 Å². The first-order valence-corrected chi connectivity index (χ1v) is 10.6. The topological polar surface area (TPSA) is 98.5 Å². The lowest BCUT2D eigenvalue weighted by Crippen LogP contribution is -2.28. The molecule has 0 atom stereocenters. The second-order valence-electron chi connectivity index (χ2n) is 7.15. The van der Waals surface area contributed by atoms with Crippen molar-refractivity contribution in [2.45, 2.75) is 37.6 Å². The van der Waals surface area contributed by atoms with E-state index in [1.807, 2.05) is 18.2 Å². The third kappa shape index (κ3) is 6.34. The molecule has 0 fully saturated rings. The van der Waals surface area contributed by atoms with Crippen LogP contribution in [-0.4, -0.2) is 20.9 Å². The zero-order valence-electron chi connectivity index (χ0n) is 15.5. The highest BCUT2D eigenvalue weighted by molar-refractivity contribution is 9.10. The van der Waals surface area contributed by atoms with Crippen molar-refractivity contribution < 1.29 is 17.9 Å². The van der Waals surface area contributed by atoms with Gasteiger partial charge >= 0.3 is 0 Å². The molecular weight excluding hydrogens is 432 g/mol. The molecule has 2 aromatic rings. The van der Waals surface area contributed by atoms with E-state index < -0.39 is 10.0 Å².